The van der Waals surface area contributed by atoms with Gasteiger partial charge in [0.15, 0.2) is 0 Å². The number of carbonyl (C=O) groups is 3. The van der Waals surface area contributed by atoms with Gasteiger partial charge in [0.1, 0.15) is 5.00 Å². The van der Waals surface area contributed by atoms with Gasteiger partial charge in [0.05, 0.1) is 22.7 Å². The van der Waals surface area contributed by atoms with E-state index in [1.54, 1.807) is 18.2 Å². The molecule has 0 aliphatic heterocycles. The third-order valence-corrected chi connectivity index (χ3v) is 6.17. The van der Waals surface area contributed by atoms with Crippen LogP contribution in [-0.2, 0) is 22.4 Å². The van der Waals surface area contributed by atoms with Crippen molar-refractivity contribution in [2.75, 3.05) is 10.6 Å². The summed E-state index contributed by atoms with van der Waals surface area (Å²) >= 11 is 13.5. The van der Waals surface area contributed by atoms with Crippen LogP contribution in [0.1, 0.15) is 46.5 Å². The summed E-state index contributed by atoms with van der Waals surface area (Å²) in [6, 6.07) is 4.78. The topological polar surface area (TPSA) is 95.5 Å². The maximum Gasteiger partial charge on any atom is 0.303 e. The van der Waals surface area contributed by atoms with E-state index in [1.807, 2.05) is 0 Å². The van der Waals surface area contributed by atoms with Gasteiger partial charge in [-0.3, -0.25) is 14.4 Å². The molecule has 6 nitrogen and oxygen atoms in total. The highest BCUT2D eigenvalue weighted by atomic mass is 35.5. The maximum absolute atomic E-state index is 13.0. The lowest BCUT2D eigenvalue weighted by Crippen LogP contribution is -2.19. The quantitative estimate of drug-likeness (QED) is 0.589. The average Bonchev–Trinajstić information content (AvgIpc) is 3.00. The number of hydrogen-bond donors (Lipinski definition) is 3. The van der Waals surface area contributed by atoms with Crippen molar-refractivity contribution in [1.29, 1.82) is 0 Å². The second-order valence-electron chi connectivity index (χ2n) is 6.44. The Hall–Kier alpha value is -2.09. The number of benzene rings is 1. The van der Waals surface area contributed by atoms with E-state index >= 15 is 0 Å². The zero-order valence-corrected chi connectivity index (χ0v) is 17.1. The summed E-state index contributed by atoms with van der Waals surface area (Å²) in [7, 11) is 0. The number of anilines is 2. The molecule has 9 heteroatoms. The number of thiophene rings is 1. The fraction of sp³-hybridized carbons (Fsp3) is 0.316. The van der Waals surface area contributed by atoms with Gasteiger partial charge in [-0.1, -0.05) is 23.2 Å². The number of aliphatic carboxylic acids is 1. The van der Waals surface area contributed by atoms with E-state index < -0.39 is 11.9 Å². The van der Waals surface area contributed by atoms with Crippen LogP contribution < -0.4 is 10.6 Å². The number of rotatable bonds is 6. The first kappa shape index (κ1) is 20.6. The summed E-state index contributed by atoms with van der Waals surface area (Å²) in [6.07, 6.45) is 3.18. The van der Waals surface area contributed by atoms with Crippen LogP contribution in [0.4, 0.5) is 10.7 Å². The number of carbonyl (C=O) groups excluding carboxylic acids is 2. The van der Waals surface area contributed by atoms with Gasteiger partial charge in [-0.05, 0) is 49.4 Å². The molecule has 1 heterocycles. The highest BCUT2D eigenvalue weighted by Gasteiger charge is 2.27. The van der Waals surface area contributed by atoms with Gasteiger partial charge < -0.3 is 15.7 Å². The monoisotopic (exact) mass is 440 g/mol. The van der Waals surface area contributed by atoms with Crippen LogP contribution in [0.3, 0.4) is 0 Å². The second-order valence-corrected chi connectivity index (χ2v) is 8.38. The van der Waals surface area contributed by atoms with Gasteiger partial charge in [-0.25, -0.2) is 0 Å². The summed E-state index contributed by atoms with van der Waals surface area (Å²) < 4.78 is 0. The van der Waals surface area contributed by atoms with Crippen molar-refractivity contribution < 1.29 is 19.5 Å². The van der Waals surface area contributed by atoms with E-state index in [1.165, 1.54) is 11.3 Å². The van der Waals surface area contributed by atoms with Crippen LogP contribution >= 0.6 is 34.5 Å². The molecular weight excluding hydrogens is 423 g/mol. The van der Waals surface area contributed by atoms with Gasteiger partial charge >= 0.3 is 5.97 Å². The fourth-order valence-electron chi connectivity index (χ4n) is 3.08. The number of halogens is 2. The van der Waals surface area contributed by atoms with Crippen LogP contribution in [-0.4, -0.2) is 22.9 Å². The summed E-state index contributed by atoms with van der Waals surface area (Å²) in [6.45, 7) is 0. The molecule has 1 aromatic heterocycles. The minimum atomic E-state index is -1.05. The zero-order chi connectivity index (χ0) is 20.3. The summed E-state index contributed by atoms with van der Waals surface area (Å²) in [4.78, 5) is 36.9. The Morgan fingerprint density at radius 1 is 1.07 bits per heavy atom. The van der Waals surface area contributed by atoms with Crippen LogP contribution in [0.15, 0.2) is 18.2 Å². The molecule has 0 atom stereocenters. The molecule has 3 rings (SSSR count). The van der Waals surface area contributed by atoms with Crippen molar-refractivity contribution in [3.63, 3.8) is 0 Å². The molecule has 2 aromatic rings. The Morgan fingerprint density at radius 2 is 1.82 bits per heavy atom. The third-order valence-electron chi connectivity index (χ3n) is 4.39. The van der Waals surface area contributed by atoms with Gasteiger partial charge in [-0.2, -0.15) is 0 Å². The van der Waals surface area contributed by atoms with Crippen molar-refractivity contribution in [2.45, 2.75) is 38.5 Å². The largest absolute Gasteiger partial charge is 0.481 e. The van der Waals surface area contributed by atoms with Gasteiger partial charge in [0.25, 0.3) is 5.91 Å². The Balaban J connectivity index is 1.88. The smallest absolute Gasteiger partial charge is 0.303 e. The normalized spacial score (nSPS) is 12.9. The van der Waals surface area contributed by atoms with E-state index in [-0.39, 0.29) is 18.7 Å². The molecular formula is C19H18Cl2N2O4S. The van der Waals surface area contributed by atoms with Crippen LogP contribution in [0.5, 0.6) is 0 Å². The molecule has 0 radical (unpaired) electrons. The zero-order valence-electron chi connectivity index (χ0n) is 14.8. The molecule has 0 saturated heterocycles. The number of hydrogen-bond acceptors (Lipinski definition) is 4. The van der Waals surface area contributed by atoms with Crippen LogP contribution in [0.2, 0.25) is 10.0 Å². The number of aryl methyl sites for hydroxylation is 1. The molecule has 2 amide bonds. The predicted molar refractivity (Wildman–Crippen MR) is 111 cm³/mol. The Kier molecular flexibility index (Phi) is 6.59. The number of amides is 2. The van der Waals surface area contributed by atoms with E-state index in [2.05, 4.69) is 10.6 Å². The standard InChI is InChI=1S/C19H18Cl2N2O4S/c20-10-5-6-12(21)13(9-10)22-18(27)17-11-3-1-2-4-14(11)28-19(17)23-15(24)7-8-16(25)26/h5-6,9H,1-4,7-8H2,(H,22,27)(H,23,24)(H,25,26). The molecule has 28 heavy (non-hydrogen) atoms. The second kappa shape index (κ2) is 8.94. The van der Waals surface area contributed by atoms with E-state index in [0.717, 1.165) is 36.1 Å². The SMILES string of the molecule is O=C(O)CCC(=O)Nc1sc2c(c1C(=O)Nc1cc(Cl)ccc1Cl)CCCC2. The van der Waals surface area contributed by atoms with Gasteiger partial charge in [0.2, 0.25) is 5.91 Å². The Bertz CT molecular complexity index is 942. The molecule has 0 fully saturated rings. The minimum absolute atomic E-state index is 0.154. The van der Waals surface area contributed by atoms with Crippen molar-refractivity contribution in [3.05, 3.63) is 44.2 Å². The fourth-order valence-corrected chi connectivity index (χ4v) is 4.72. The lowest BCUT2D eigenvalue weighted by Gasteiger charge is -2.14. The maximum atomic E-state index is 13.0. The summed E-state index contributed by atoms with van der Waals surface area (Å²) in [5.41, 5.74) is 1.73. The molecule has 3 N–H and O–H groups in total. The summed E-state index contributed by atoms with van der Waals surface area (Å²) in [5, 5.41) is 15.5. The van der Waals surface area contributed by atoms with Crippen LogP contribution in [0, 0.1) is 0 Å². The van der Waals surface area contributed by atoms with E-state index in [9.17, 15) is 14.4 Å². The number of nitrogens with one attached hydrogen (secondary N) is 2. The van der Waals surface area contributed by atoms with Crippen molar-refractivity contribution in [2.24, 2.45) is 0 Å². The van der Waals surface area contributed by atoms with E-state index in [0.29, 0.717) is 26.3 Å². The number of carboxylic acid groups (broad SMARTS) is 1. The first-order valence-electron chi connectivity index (χ1n) is 8.77. The molecule has 148 valence electrons. The molecule has 0 bridgehead atoms. The predicted octanol–water partition coefficient (Wildman–Crippen LogP) is 4.99. The van der Waals surface area contributed by atoms with Crippen molar-refractivity contribution in [3.8, 4) is 0 Å². The Labute approximate surface area is 175 Å². The number of carboxylic acids is 1. The average molecular weight is 441 g/mol. The Morgan fingerprint density at radius 3 is 2.57 bits per heavy atom. The lowest BCUT2D eigenvalue weighted by molar-refractivity contribution is -0.138. The highest BCUT2D eigenvalue weighted by molar-refractivity contribution is 7.17. The molecule has 1 aliphatic carbocycles. The lowest BCUT2D eigenvalue weighted by atomic mass is 9.95. The van der Waals surface area contributed by atoms with Crippen molar-refractivity contribution >= 4 is 63.0 Å². The molecule has 0 spiro atoms. The molecule has 1 aromatic carbocycles. The number of fused-ring (bicyclic) bond motifs is 1. The molecule has 0 unspecified atom stereocenters. The molecule has 0 saturated carbocycles. The van der Waals surface area contributed by atoms with Gasteiger partial charge in [0, 0.05) is 16.3 Å². The first-order valence-corrected chi connectivity index (χ1v) is 10.3. The summed E-state index contributed by atoms with van der Waals surface area (Å²) in [5.74, 6) is -1.86. The third kappa shape index (κ3) is 4.84. The minimum Gasteiger partial charge on any atom is -0.481 e. The molecule has 1 aliphatic rings. The van der Waals surface area contributed by atoms with Gasteiger partial charge in [-0.15, -0.1) is 11.3 Å². The highest BCUT2D eigenvalue weighted by Crippen LogP contribution is 2.39. The van der Waals surface area contributed by atoms with Crippen molar-refractivity contribution in [1.82, 2.24) is 0 Å². The first-order chi connectivity index (χ1) is 13.3. The van der Waals surface area contributed by atoms with E-state index in [4.69, 9.17) is 28.3 Å². The van der Waals surface area contributed by atoms with Crippen LogP contribution in [0.25, 0.3) is 0 Å².